The molecule has 2 atom stereocenters. The Labute approximate surface area is 123 Å². The third-order valence-electron chi connectivity index (χ3n) is 4.24. The van der Waals surface area contributed by atoms with Gasteiger partial charge in [-0.15, -0.1) is 0 Å². The molecule has 1 fully saturated rings. The van der Waals surface area contributed by atoms with Crippen LogP contribution in [0.2, 0.25) is 0 Å². The number of halogens is 3. The molecule has 0 saturated carbocycles. The van der Waals surface area contributed by atoms with Crippen LogP contribution >= 0.6 is 0 Å². The van der Waals surface area contributed by atoms with Crippen molar-refractivity contribution in [1.29, 1.82) is 0 Å². The number of piperidine rings is 1. The SMILES string of the molecule is C[C@H](Cc1cccc(C(F)(F)F)c1)N1CCCC[C@@H]1CO. The van der Waals surface area contributed by atoms with Crippen LogP contribution in [0.3, 0.4) is 0 Å². The Bertz CT molecular complexity index is 461. The summed E-state index contributed by atoms with van der Waals surface area (Å²) in [5, 5.41) is 9.44. The number of benzene rings is 1. The maximum atomic E-state index is 12.7. The van der Waals surface area contributed by atoms with Crippen molar-refractivity contribution in [3.63, 3.8) is 0 Å². The highest BCUT2D eigenvalue weighted by Crippen LogP contribution is 2.30. The van der Waals surface area contributed by atoms with E-state index in [1.807, 2.05) is 6.92 Å². The summed E-state index contributed by atoms with van der Waals surface area (Å²) in [6, 6.07) is 5.80. The second kappa shape index (κ2) is 6.79. The van der Waals surface area contributed by atoms with Crippen molar-refractivity contribution >= 4 is 0 Å². The molecule has 0 aliphatic carbocycles. The smallest absolute Gasteiger partial charge is 0.395 e. The van der Waals surface area contributed by atoms with Crippen molar-refractivity contribution in [2.24, 2.45) is 0 Å². The monoisotopic (exact) mass is 301 g/mol. The first-order valence-corrected chi connectivity index (χ1v) is 7.44. The van der Waals surface area contributed by atoms with Crippen molar-refractivity contribution in [3.8, 4) is 0 Å². The number of hydrogen-bond acceptors (Lipinski definition) is 2. The molecule has 0 aromatic heterocycles. The Morgan fingerprint density at radius 1 is 1.33 bits per heavy atom. The molecule has 0 spiro atoms. The number of nitrogens with zero attached hydrogens (tertiary/aromatic N) is 1. The van der Waals surface area contributed by atoms with Gasteiger partial charge in [0.15, 0.2) is 0 Å². The molecule has 0 unspecified atom stereocenters. The summed E-state index contributed by atoms with van der Waals surface area (Å²) in [6.07, 6.45) is -0.566. The van der Waals surface area contributed by atoms with E-state index in [1.165, 1.54) is 12.1 Å². The molecule has 2 rings (SSSR count). The molecule has 1 aliphatic heterocycles. The summed E-state index contributed by atoms with van der Waals surface area (Å²) in [5.41, 5.74) is 0.101. The fraction of sp³-hybridized carbons (Fsp3) is 0.625. The third-order valence-corrected chi connectivity index (χ3v) is 4.24. The number of hydrogen-bond donors (Lipinski definition) is 1. The lowest BCUT2D eigenvalue weighted by Gasteiger charge is -2.39. The average Bonchev–Trinajstić information content (AvgIpc) is 2.46. The van der Waals surface area contributed by atoms with Crippen LogP contribution in [0.4, 0.5) is 13.2 Å². The van der Waals surface area contributed by atoms with Gasteiger partial charge in [-0.1, -0.05) is 24.6 Å². The van der Waals surface area contributed by atoms with Crippen molar-refractivity contribution in [3.05, 3.63) is 35.4 Å². The molecule has 0 bridgehead atoms. The fourth-order valence-electron chi connectivity index (χ4n) is 3.13. The van der Waals surface area contributed by atoms with Crippen molar-refractivity contribution in [2.75, 3.05) is 13.2 Å². The van der Waals surface area contributed by atoms with Crippen LogP contribution in [0, 0.1) is 0 Å². The van der Waals surface area contributed by atoms with E-state index in [-0.39, 0.29) is 18.7 Å². The summed E-state index contributed by atoms with van der Waals surface area (Å²) in [6.45, 7) is 3.05. The minimum absolute atomic E-state index is 0.118. The lowest BCUT2D eigenvalue weighted by molar-refractivity contribution is -0.137. The Morgan fingerprint density at radius 3 is 2.76 bits per heavy atom. The molecule has 1 heterocycles. The number of rotatable bonds is 4. The number of likely N-dealkylation sites (tertiary alicyclic amines) is 1. The van der Waals surface area contributed by atoms with Gasteiger partial charge in [-0.2, -0.15) is 13.2 Å². The zero-order valence-electron chi connectivity index (χ0n) is 12.2. The van der Waals surface area contributed by atoms with E-state index in [0.717, 1.165) is 31.9 Å². The predicted octanol–water partition coefficient (Wildman–Crippen LogP) is 3.48. The van der Waals surface area contributed by atoms with Gasteiger partial charge in [0.1, 0.15) is 0 Å². The molecule has 21 heavy (non-hydrogen) atoms. The van der Waals surface area contributed by atoms with Crippen molar-refractivity contribution < 1.29 is 18.3 Å². The molecule has 0 amide bonds. The first-order chi connectivity index (χ1) is 9.91. The van der Waals surface area contributed by atoms with Crippen molar-refractivity contribution in [1.82, 2.24) is 4.90 Å². The number of aliphatic hydroxyl groups is 1. The van der Waals surface area contributed by atoms with E-state index in [1.54, 1.807) is 6.07 Å². The normalized spacial score (nSPS) is 22.2. The van der Waals surface area contributed by atoms with Crippen LogP contribution in [0.25, 0.3) is 0 Å². The first-order valence-electron chi connectivity index (χ1n) is 7.44. The largest absolute Gasteiger partial charge is 0.416 e. The molecule has 1 saturated heterocycles. The molecule has 1 aromatic rings. The minimum Gasteiger partial charge on any atom is -0.395 e. The summed E-state index contributed by atoms with van der Waals surface area (Å²) < 4.78 is 38.2. The Morgan fingerprint density at radius 2 is 2.10 bits per heavy atom. The molecule has 1 aliphatic rings. The van der Waals surface area contributed by atoms with Gasteiger partial charge in [-0.25, -0.2) is 0 Å². The fourth-order valence-corrected chi connectivity index (χ4v) is 3.13. The van der Waals surface area contributed by atoms with Crippen LogP contribution in [-0.4, -0.2) is 35.2 Å². The summed E-state index contributed by atoms with van der Waals surface area (Å²) >= 11 is 0. The highest BCUT2D eigenvalue weighted by molar-refractivity contribution is 5.26. The minimum atomic E-state index is -4.29. The van der Waals surface area contributed by atoms with E-state index >= 15 is 0 Å². The van der Waals surface area contributed by atoms with Gasteiger partial charge in [-0.3, -0.25) is 4.90 Å². The number of alkyl halides is 3. The third kappa shape index (κ3) is 4.20. The van der Waals surface area contributed by atoms with Crippen LogP contribution in [-0.2, 0) is 12.6 Å². The Kier molecular flexibility index (Phi) is 5.27. The molecule has 2 nitrogen and oxygen atoms in total. The average molecular weight is 301 g/mol. The second-order valence-corrected chi connectivity index (χ2v) is 5.82. The molecular formula is C16H22F3NO. The van der Waals surface area contributed by atoms with E-state index in [4.69, 9.17) is 0 Å². The summed E-state index contributed by atoms with van der Waals surface area (Å²) in [4.78, 5) is 2.23. The van der Waals surface area contributed by atoms with Crippen LogP contribution in [0.1, 0.15) is 37.3 Å². The Balaban J connectivity index is 2.06. The zero-order valence-corrected chi connectivity index (χ0v) is 12.2. The van der Waals surface area contributed by atoms with E-state index in [2.05, 4.69) is 4.90 Å². The highest BCUT2D eigenvalue weighted by Gasteiger charge is 2.31. The molecular weight excluding hydrogens is 279 g/mol. The highest BCUT2D eigenvalue weighted by atomic mass is 19.4. The molecule has 1 aromatic carbocycles. The van der Waals surface area contributed by atoms with Crippen molar-refractivity contribution in [2.45, 2.75) is 50.9 Å². The first kappa shape index (κ1) is 16.3. The van der Waals surface area contributed by atoms with E-state index in [0.29, 0.717) is 12.0 Å². The van der Waals surface area contributed by atoms with Gasteiger partial charge < -0.3 is 5.11 Å². The zero-order chi connectivity index (χ0) is 15.5. The van der Waals surface area contributed by atoms with Crippen LogP contribution < -0.4 is 0 Å². The predicted molar refractivity (Wildman–Crippen MR) is 76.0 cm³/mol. The van der Waals surface area contributed by atoms with E-state index in [9.17, 15) is 18.3 Å². The lowest BCUT2D eigenvalue weighted by atomic mass is 9.97. The van der Waals surface area contributed by atoms with Gasteiger partial charge in [0, 0.05) is 12.1 Å². The summed E-state index contributed by atoms with van der Waals surface area (Å²) in [7, 11) is 0. The molecule has 0 radical (unpaired) electrons. The maximum absolute atomic E-state index is 12.7. The topological polar surface area (TPSA) is 23.5 Å². The maximum Gasteiger partial charge on any atom is 0.416 e. The van der Waals surface area contributed by atoms with Gasteiger partial charge in [0.25, 0.3) is 0 Å². The molecule has 1 N–H and O–H groups in total. The molecule has 5 heteroatoms. The van der Waals surface area contributed by atoms with Crippen LogP contribution in [0.15, 0.2) is 24.3 Å². The number of aliphatic hydroxyl groups excluding tert-OH is 1. The van der Waals surface area contributed by atoms with Gasteiger partial charge in [0.2, 0.25) is 0 Å². The quantitative estimate of drug-likeness (QED) is 0.920. The lowest BCUT2D eigenvalue weighted by Crippen LogP contribution is -2.47. The standard InChI is InChI=1S/C16H22F3NO/c1-12(20-8-3-2-7-15(20)11-21)9-13-5-4-6-14(10-13)16(17,18)19/h4-6,10,12,15,21H,2-3,7-9,11H2,1H3/t12-,15-/m1/s1. The van der Waals surface area contributed by atoms with Gasteiger partial charge >= 0.3 is 6.18 Å². The molecule has 118 valence electrons. The van der Waals surface area contributed by atoms with Gasteiger partial charge in [0.05, 0.1) is 12.2 Å². The van der Waals surface area contributed by atoms with Crippen LogP contribution in [0.5, 0.6) is 0 Å². The Hall–Kier alpha value is -1.07. The van der Waals surface area contributed by atoms with E-state index < -0.39 is 11.7 Å². The summed E-state index contributed by atoms with van der Waals surface area (Å²) in [5.74, 6) is 0. The van der Waals surface area contributed by atoms with Gasteiger partial charge in [-0.05, 0) is 44.4 Å². The second-order valence-electron chi connectivity index (χ2n) is 5.82.